The second kappa shape index (κ2) is 16.8. The summed E-state index contributed by atoms with van der Waals surface area (Å²) in [7, 11) is 0. The summed E-state index contributed by atoms with van der Waals surface area (Å²) in [5, 5.41) is 0. The lowest BCUT2D eigenvalue weighted by molar-refractivity contribution is -0.139. The first-order valence-electron chi connectivity index (χ1n) is 14.8. The molecular formula is C34H46O5. The fourth-order valence-corrected chi connectivity index (χ4v) is 5.16. The van der Waals surface area contributed by atoms with Gasteiger partial charge in [-0.15, -0.1) is 0 Å². The summed E-state index contributed by atoms with van der Waals surface area (Å²) in [6, 6.07) is 15.2. The van der Waals surface area contributed by atoms with Crippen LogP contribution in [0.25, 0.3) is 0 Å². The molecule has 5 heteroatoms. The highest BCUT2D eigenvalue weighted by molar-refractivity contribution is 5.91. The van der Waals surface area contributed by atoms with Gasteiger partial charge in [-0.2, -0.15) is 0 Å². The van der Waals surface area contributed by atoms with E-state index in [9.17, 15) is 9.59 Å². The van der Waals surface area contributed by atoms with E-state index >= 15 is 0 Å². The van der Waals surface area contributed by atoms with Gasteiger partial charge in [0.05, 0.1) is 18.8 Å². The van der Waals surface area contributed by atoms with Crippen molar-refractivity contribution in [2.75, 3.05) is 13.2 Å². The minimum absolute atomic E-state index is 0.329. The SMILES string of the molecule is C=C(C)C(=O)OCCCCCCOc1ccc(C(=O)Oc2ccc([C@H]3CC[C@H](CCCCC)CC3)cc2)cc1. The van der Waals surface area contributed by atoms with Gasteiger partial charge in [0.25, 0.3) is 0 Å². The Morgan fingerprint density at radius 1 is 0.795 bits per heavy atom. The number of esters is 2. The molecule has 0 amide bonds. The van der Waals surface area contributed by atoms with Crippen LogP contribution in [0.2, 0.25) is 0 Å². The minimum Gasteiger partial charge on any atom is -0.494 e. The quantitative estimate of drug-likeness (QED) is 0.0932. The topological polar surface area (TPSA) is 61.8 Å². The Kier molecular flexibility index (Phi) is 13.1. The Labute approximate surface area is 234 Å². The first-order valence-corrected chi connectivity index (χ1v) is 14.8. The molecule has 0 heterocycles. The van der Waals surface area contributed by atoms with E-state index in [0.29, 0.717) is 36.0 Å². The van der Waals surface area contributed by atoms with Crippen LogP contribution >= 0.6 is 0 Å². The van der Waals surface area contributed by atoms with Crippen molar-refractivity contribution in [1.29, 1.82) is 0 Å². The number of carbonyl (C=O) groups excluding carboxylic acids is 2. The van der Waals surface area contributed by atoms with Crippen LogP contribution in [0.3, 0.4) is 0 Å². The van der Waals surface area contributed by atoms with Crippen molar-refractivity contribution in [2.24, 2.45) is 5.92 Å². The van der Waals surface area contributed by atoms with Crippen LogP contribution in [-0.2, 0) is 9.53 Å². The van der Waals surface area contributed by atoms with Gasteiger partial charge in [0.2, 0.25) is 0 Å². The van der Waals surface area contributed by atoms with Crippen LogP contribution < -0.4 is 9.47 Å². The van der Waals surface area contributed by atoms with Crippen LogP contribution in [0, 0.1) is 5.92 Å². The van der Waals surface area contributed by atoms with Crippen molar-refractivity contribution in [2.45, 2.75) is 96.8 Å². The number of carbonyl (C=O) groups is 2. The summed E-state index contributed by atoms with van der Waals surface area (Å²) in [5.74, 6) is 2.13. The lowest BCUT2D eigenvalue weighted by atomic mass is 9.77. The maximum absolute atomic E-state index is 12.6. The van der Waals surface area contributed by atoms with E-state index in [0.717, 1.165) is 37.4 Å². The van der Waals surface area contributed by atoms with E-state index in [-0.39, 0.29) is 11.9 Å². The Morgan fingerprint density at radius 2 is 1.44 bits per heavy atom. The zero-order valence-electron chi connectivity index (χ0n) is 23.9. The van der Waals surface area contributed by atoms with E-state index < -0.39 is 0 Å². The molecule has 1 fully saturated rings. The maximum atomic E-state index is 12.6. The molecule has 0 atom stereocenters. The second-order valence-electron chi connectivity index (χ2n) is 10.9. The molecule has 0 radical (unpaired) electrons. The molecule has 5 nitrogen and oxygen atoms in total. The fourth-order valence-electron chi connectivity index (χ4n) is 5.16. The maximum Gasteiger partial charge on any atom is 0.343 e. The number of rotatable bonds is 16. The highest BCUT2D eigenvalue weighted by atomic mass is 16.5. The van der Waals surface area contributed by atoms with Crippen LogP contribution in [0.15, 0.2) is 60.7 Å². The van der Waals surface area contributed by atoms with E-state index in [4.69, 9.17) is 14.2 Å². The van der Waals surface area contributed by atoms with E-state index in [1.165, 1.54) is 56.9 Å². The molecule has 0 aromatic heterocycles. The van der Waals surface area contributed by atoms with E-state index in [1.807, 2.05) is 12.1 Å². The summed E-state index contributed by atoms with van der Waals surface area (Å²) in [6.07, 6.45) is 14.3. The van der Waals surface area contributed by atoms with Gasteiger partial charge in [0, 0.05) is 5.57 Å². The summed E-state index contributed by atoms with van der Waals surface area (Å²) in [5.41, 5.74) is 2.28. The molecule has 0 saturated heterocycles. The number of hydrogen-bond donors (Lipinski definition) is 0. The first kappa shape index (κ1) is 30.5. The smallest absolute Gasteiger partial charge is 0.343 e. The van der Waals surface area contributed by atoms with Crippen molar-refractivity contribution in [1.82, 2.24) is 0 Å². The summed E-state index contributed by atoms with van der Waals surface area (Å²) < 4.78 is 16.5. The molecule has 2 aromatic rings. The van der Waals surface area contributed by atoms with Gasteiger partial charge in [0.1, 0.15) is 11.5 Å². The molecular weight excluding hydrogens is 488 g/mol. The molecule has 0 unspecified atom stereocenters. The number of benzene rings is 2. The Bertz CT molecular complexity index is 1020. The van der Waals surface area contributed by atoms with Crippen molar-refractivity contribution in [3.63, 3.8) is 0 Å². The largest absolute Gasteiger partial charge is 0.494 e. The molecule has 212 valence electrons. The lowest BCUT2D eigenvalue weighted by Gasteiger charge is -2.29. The zero-order chi connectivity index (χ0) is 27.9. The van der Waals surface area contributed by atoms with Gasteiger partial charge in [-0.3, -0.25) is 0 Å². The van der Waals surface area contributed by atoms with Gasteiger partial charge in [-0.05, 0) is 112 Å². The number of unbranched alkanes of at least 4 members (excludes halogenated alkanes) is 5. The Morgan fingerprint density at radius 3 is 2.08 bits per heavy atom. The molecule has 1 aliphatic rings. The minimum atomic E-state index is -0.366. The average molecular weight is 535 g/mol. The molecule has 0 spiro atoms. The lowest BCUT2D eigenvalue weighted by Crippen LogP contribution is -2.13. The zero-order valence-corrected chi connectivity index (χ0v) is 23.9. The number of ether oxygens (including phenoxy) is 3. The normalized spacial score (nSPS) is 16.9. The highest BCUT2D eigenvalue weighted by Gasteiger charge is 2.22. The molecule has 2 aromatic carbocycles. The number of hydrogen-bond acceptors (Lipinski definition) is 5. The second-order valence-corrected chi connectivity index (χ2v) is 10.9. The Hall–Kier alpha value is -3.08. The van der Waals surface area contributed by atoms with Crippen LogP contribution in [0.5, 0.6) is 11.5 Å². The van der Waals surface area contributed by atoms with Gasteiger partial charge < -0.3 is 14.2 Å². The molecule has 0 aliphatic heterocycles. The molecule has 1 aliphatic carbocycles. The first-order chi connectivity index (χ1) is 19.0. The summed E-state index contributed by atoms with van der Waals surface area (Å²) in [4.78, 5) is 23.9. The van der Waals surface area contributed by atoms with Gasteiger partial charge in [-0.1, -0.05) is 51.3 Å². The third kappa shape index (κ3) is 10.9. The fraction of sp³-hybridized carbons (Fsp3) is 0.529. The molecule has 1 saturated carbocycles. The van der Waals surface area contributed by atoms with E-state index in [2.05, 4.69) is 25.6 Å². The van der Waals surface area contributed by atoms with Crippen LogP contribution in [0.1, 0.15) is 113 Å². The standard InChI is InChI=1S/C34H46O5/c1-4-5-8-11-27-12-14-28(15-13-27)29-16-22-32(23-17-29)39-34(36)30-18-20-31(21-19-30)37-24-9-6-7-10-25-38-33(35)26(2)3/h16-23,27-28H,2,4-15,24-25H2,1,3H3/t27-,28-. The van der Waals surface area contributed by atoms with Crippen molar-refractivity contribution in [3.05, 3.63) is 71.8 Å². The van der Waals surface area contributed by atoms with Crippen LogP contribution in [0.4, 0.5) is 0 Å². The third-order valence-electron chi connectivity index (χ3n) is 7.60. The van der Waals surface area contributed by atoms with Crippen molar-refractivity contribution < 1.29 is 23.8 Å². The molecule has 3 rings (SSSR count). The summed E-state index contributed by atoms with van der Waals surface area (Å²) in [6.45, 7) is 8.51. The predicted molar refractivity (Wildman–Crippen MR) is 156 cm³/mol. The molecule has 0 N–H and O–H groups in total. The van der Waals surface area contributed by atoms with Gasteiger partial charge in [-0.25, -0.2) is 9.59 Å². The monoisotopic (exact) mass is 534 g/mol. The van der Waals surface area contributed by atoms with Gasteiger partial charge in [0.15, 0.2) is 0 Å². The molecule has 0 bridgehead atoms. The third-order valence-corrected chi connectivity index (χ3v) is 7.60. The van der Waals surface area contributed by atoms with E-state index in [1.54, 1.807) is 31.2 Å². The Balaban J connectivity index is 1.32. The average Bonchev–Trinajstić information content (AvgIpc) is 2.95. The highest BCUT2D eigenvalue weighted by Crippen LogP contribution is 2.38. The summed E-state index contributed by atoms with van der Waals surface area (Å²) >= 11 is 0. The van der Waals surface area contributed by atoms with Crippen molar-refractivity contribution in [3.8, 4) is 11.5 Å². The molecule has 39 heavy (non-hydrogen) atoms. The predicted octanol–water partition coefficient (Wildman–Crippen LogP) is 8.82. The van der Waals surface area contributed by atoms with Gasteiger partial charge >= 0.3 is 11.9 Å². The van der Waals surface area contributed by atoms with Crippen LogP contribution in [-0.4, -0.2) is 25.2 Å². The van der Waals surface area contributed by atoms with Crippen molar-refractivity contribution >= 4 is 11.9 Å².